The lowest BCUT2D eigenvalue weighted by Gasteiger charge is -2.06. The van der Waals surface area contributed by atoms with Gasteiger partial charge in [-0.1, -0.05) is 0 Å². The first kappa shape index (κ1) is 10.3. The summed E-state index contributed by atoms with van der Waals surface area (Å²) in [5.74, 6) is 0.837. The van der Waals surface area contributed by atoms with Crippen LogP contribution in [-0.4, -0.2) is 36.9 Å². The van der Waals surface area contributed by atoms with E-state index in [4.69, 9.17) is 4.74 Å². The van der Waals surface area contributed by atoms with Gasteiger partial charge in [-0.3, -0.25) is 0 Å². The lowest BCUT2D eigenvalue weighted by molar-refractivity contribution is 0.149. The summed E-state index contributed by atoms with van der Waals surface area (Å²) in [7, 11) is 1.68. The maximum Gasteiger partial charge on any atom is 0.0631 e. The van der Waals surface area contributed by atoms with E-state index in [9.17, 15) is 5.11 Å². The highest BCUT2D eigenvalue weighted by molar-refractivity contribution is 7.98. The first-order valence-electron chi connectivity index (χ1n) is 3.47. The Bertz CT molecular complexity index is 68.6. The molecule has 0 aromatic carbocycles. The largest absolute Gasteiger partial charge is 0.392 e. The molecule has 3 heteroatoms. The highest BCUT2D eigenvalue weighted by Gasteiger charge is 2.00. The predicted octanol–water partition coefficient (Wildman–Crippen LogP) is 1.14. The molecule has 0 aromatic heterocycles. The molecule has 2 nitrogen and oxygen atoms in total. The molecule has 0 fully saturated rings. The van der Waals surface area contributed by atoms with Crippen molar-refractivity contribution in [3.05, 3.63) is 0 Å². The zero-order chi connectivity index (χ0) is 7.82. The minimum atomic E-state index is -0.148. The maximum absolute atomic E-state index is 9.20. The van der Waals surface area contributed by atoms with Gasteiger partial charge in [0.15, 0.2) is 0 Å². The number of thioether (sulfide) groups is 1. The summed E-state index contributed by atoms with van der Waals surface area (Å²) in [5, 5.41) is 9.20. The van der Waals surface area contributed by atoms with E-state index in [0.717, 1.165) is 25.2 Å². The van der Waals surface area contributed by atoms with Gasteiger partial charge < -0.3 is 9.84 Å². The van der Waals surface area contributed by atoms with Crippen LogP contribution in [0.2, 0.25) is 0 Å². The van der Waals surface area contributed by atoms with Gasteiger partial charge in [0, 0.05) is 19.5 Å². The maximum atomic E-state index is 9.20. The third kappa shape index (κ3) is 6.39. The van der Waals surface area contributed by atoms with E-state index in [0.29, 0.717) is 0 Å². The van der Waals surface area contributed by atoms with Crippen LogP contribution in [0.4, 0.5) is 0 Å². The van der Waals surface area contributed by atoms with Crippen LogP contribution in [-0.2, 0) is 4.74 Å². The summed E-state index contributed by atoms with van der Waals surface area (Å²) in [6.45, 7) is 0.755. The topological polar surface area (TPSA) is 29.5 Å². The van der Waals surface area contributed by atoms with Gasteiger partial charge in [0.1, 0.15) is 0 Å². The van der Waals surface area contributed by atoms with Crippen molar-refractivity contribution in [3.8, 4) is 0 Å². The Morgan fingerprint density at radius 3 is 2.80 bits per heavy atom. The Balaban J connectivity index is 2.97. The van der Waals surface area contributed by atoms with Crippen molar-refractivity contribution in [2.75, 3.05) is 25.7 Å². The summed E-state index contributed by atoms with van der Waals surface area (Å²) in [5.41, 5.74) is 0. The molecular formula is C7H16O2S. The molecule has 0 bridgehead atoms. The van der Waals surface area contributed by atoms with Crippen LogP contribution >= 0.6 is 11.8 Å². The number of hydrogen-bond acceptors (Lipinski definition) is 3. The molecule has 0 heterocycles. The molecule has 0 aromatic rings. The van der Waals surface area contributed by atoms with Gasteiger partial charge in [-0.2, -0.15) is 11.8 Å². The highest BCUT2D eigenvalue weighted by Crippen LogP contribution is 2.03. The van der Waals surface area contributed by atoms with Crippen LogP contribution in [0.15, 0.2) is 0 Å². The van der Waals surface area contributed by atoms with Crippen molar-refractivity contribution in [2.45, 2.75) is 18.9 Å². The van der Waals surface area contributed by atoms with Gasteiger partial charge in [-0.25, -0.2) is 0 Å². The fourth-order valence-corrected chi connectivity index (χ4v) is 1.29. The zero-order valence-electron chi connectivity index (χ0n) is 6.67. The van der Waals surface area contributed by atoms with Gasteiger partial charge in [-0.05, 0) is 19.1 Å². The summed E-state index contributed by atoms with van der Waals surface area (Å²) in [6.07, 6.45) is 3.66. The number of rotatable bonds is 6. The zero-order valence-corrected chi connectivity index (χ0v) is 7.49. The van der Waals surface area contributed by atoms with E-state index in [1.807, 2.05) is 6.26 Å². The van der Waals surface area contributed by atoms with E-state index in [2.05, 4.69) is 0 Å². The van der Waals surface area contributed by atoms with Crippen LogP contribution in [0.1, 0.15) is 12.8 Å². The summed E-state index contributed by atoms with van der Waals surface area (Å²) in [6, 6.07) is 0. The van der Waals surface area contributed by atoms with Crippen molar-refractivity contribution >= 4 is 11.8 Å². The number of hydrogen-bond donors (Lipinski definition) is 1. The van der Waals surface area contributed by atoms with Gasteiger partial charge in [0.05, 0.1) is 6.10 Å². The summed E-state index contributed by atoms with van der Waals surface area (Å²) < 4.78 is 4.85. The Labute approximate surface area is 67.0 Å². The van der Waals surface area contributed by atoms with Gasteiger partial charge >= 0.3 is 0 Å². The van der Waals surface area contributed by atoms with Crippen molar-refractivity contribution in [3.63, 3.8) is 0 Å². The molecular weight excluding hydrogens is 148 g/mol. The third-order valence-corrected chi connectivity index (χ3v) is 1.96. The highest BCUT2D eigenvalue weighted by atomic mass is 32.2. The minimum Gasteiger partial charge on any atom is -0.392 e. The van der Waals surface area contributed by atoms with Gasteiger partial charge in [0.2, 0.25) is 0 Å². The molecule has 0 rings (SSSR count). The number of ether oxygens (including phenoxy) is 1. The molecule has 0 spiro atoms. The minimum absolute atomic E-state index is 0.148. The molecule has 10 heavy (non-hydrogen) atoms. The normalized spacial score (nSPS) is 13.5. The van der Waals surface area contributed by atoms with Crippen molar-refractivity contribution in [2.24, 2.45) is 0 Å². The van der Waals surface area contributed by atoms with E-state index in [1.54, 1.807) is 18.9 Å². The smallest absolute Gasteiger partial charge is 0.0631 e. The van der Waals surface area contributed by atoms with E-state index >= 15 is 0 Å². The standard InChI is InChI=1S/C7H16O2S/c1-9-5-3-4-7(8)6-10-2/h7-8H,3-6H2,1-2H3. The Kier molecular flexibility index (Phi) is 7.58. The van der Waals surface area contributed by atoms with E-state index < -0.39 is 0 Å². The second-order valence-electron chi connectivity index (χ2n) is 2.24. The first-order chi connectivity index (χ1) is 4.81. The Morgan fingerprint density at radius 1 is 1.60 bits per heavy atom. The lowest BCUT2D eigenvalue weighted by atomic mass is 10.2. The Morgan fingerprint density at radius 2 is 2.30 bits per heavy atom. The fourth-order valence-electron chi connectivity index (χ4n) is 0.739. The van der Waals surface area contributed by atoms with Gasteiger partial charge in [-0.15, -0.1) is 0 Å². The molecule has 0 aliphatic rings. The molecule has 0 radical (unpaired) electrons. The number of aliphatic hydroxyl groups excluding tert-OH is 1. The predicted molar refractivity (Wildman–Crippen MR) is 45.5 cm³/mol. The van der Waals surface area contributed by atoms with E-state index in [-0.39, 0.29) is 6.10 Å². The number of aliphatic hydroxyl groups is 1. The average Bonchev–Trinajstić information content (AvgIpc) is 1.89. The number of methoxy groups -OCH3 is 1. The third-order valence-electron chi connectivity index (χ3n) is 1.24. The molecule has 1 unspecified atom stereocenters. The summed E-state index contributed by atoms with van der Waals surface area (Å²) in [4.78, 5) is 0. The molecule has 0 aliphatic carbocycles. The van der Waals surface area contributed by atoms with Crippen LogP contribution < -0.4 is 0 Å². The van der Waals surface area contributed by atoms with Crippen LogP contribution in [0.5, 0.6) is 0 Å². The second-order valence-corrected chi connectivity index (χ2v) is 3.15. The Hall–Kier alpha value is 0.270. The van der Waals surface area contributed by atoms with Crippen LogP contribution in [0.3, 0.4) is 0 Å². The van der Waals surface area contributed by atoms with Crippen LogP contribution in [0, 0.1) is 0 Å². The van der Waals surface area contributed by atoms with E-state index in [1.165, 1.54) is 0 Å². The lowest BCUT2D eigenvalue weighted by Crippen LogP contribution is -2.10. The monoisotopic (exact) mass is 164 g/mol. The molecule has 0 aliphatic heterocycles. The SMILES string of the molecule is COCCCC(O)CSC. The molecule has 1 N–H and O–H groups in total. The molecule has 0 saturated carbocycles. The average molecular weight is 164 g/mol. The van der Waals surface area contributed by atoms with Crippen molar-refractivity contribution in [1.29, 1.82) is 0 Å². The summed E-state index contributed by atoms with van der Waals surface area (Å²) >= 11 is 1.68. The quantitative estimate of drug-likeness (QED) is 0.597. The van der Waals surface area contributed by atoms with Crippen molar-refractivity contribution < 1.29 is 9.84 Å². The van der Waals surface area contributed by atoms with Crippen LogP contribution in [0.25, 0.3) is 0 Å². The molecule has 0 amide bonds. The molecule has 1 atom stereocenters. The second kappa shape index (κ2) is 7.38. The fraction of sp³-hybridized carbons (Fsp3) is 1.00. The molecule has 62 valence electrons. The molecule has 0 saturated heterocycles. The van der Waals surface area contributed by atoms with Gasteiger partial charge in [0.25, 0.3) is 0 Å². The first-order valence-corrected chi connectivity index (χ1v) is 4.86. The van der Waals surface area contributed by atoms with Crippen molar-refractivity contribution in [1.82, 2.24) is 0 Å².